The Morgan fingerprint density at radius 3 is 2.47 bits per heavy atom. The number of hydrogen-bond acceptors (Lipinski definition) is 7. The van der Waals surface area contributed by atoms with Crippen molar-refractivity contribution in [2.24, 2.45) is 0 Å². The number of carbonyl (C=O) groups is 1. The number of non-ortho nitro benzene ring substituents is 1. The SMILES string of the molecule is CCOc1nc(-c2cccc(OC)c2)n(-c2ccc(NC(=O)c3ccc([N+](=O)[O-])cc3)cc2)n1. The molecule has 3 aromatic carbocycles. The van der Waals surface area contributed by atoms with Crippen LogP contribution in [0.4, 0.5) is 11.4 Å². The Hall–Kier alpha value is -4.73. The minimum Gasteiger partial charge on any atom is -0.497 e. The molecule has 1 N–H and O–H groups in total. The maximum absolute atomic E-state index is 12.5. The zero-order valence-corrected chi connectivity index (χ0v) is 18.5. The summed E-state index contributed by atoms with van der Waals surface area (Å²) in [4.78, 5) is 27.3. The molecule has 34 heavy (non-hydrogen) atoms. The van der Waals surface area contributed by atoms with Gasteiger partial charge in [0, 0.05) is 28.9 Å². The van der Waals surface area contributed by atoms with Gasteiger partial charge in [-0.25, -0.2) is 4.68 Å². The maximum atomic E-state index is 12.5. The van der Waals surface area contributed by atoms with Crippen molar-refractivity contribution in [3.8, 4) is 28.8 Å². The van der Waals surface area contributed by atoms with E-state index in [1.165, 1.54) is 24.3 Å². The van der Waals surface area contributed by atoms with E-state index in [0.717, 1.165) is 5.56 Å². The van der Waals surface area contributed by atoms with Crippen LogP contribution >= 0.6 is 0 Å². The number of amides is 1. The Morgan fingerprint density at radius 1 is 1.09 bits per heavy atom. The van der Waals surface area contributed by atoms with E-state index in [1.807, 2.05) is 31.2 Å². The zero-order valence-electron chi connectivity index (χ0n) is 18.5. The maximum Gasteiger partial charge on any atom is 0.336 e. The van der Waals surface area contributed by atoms with Crippen LogP contribution in [0.3, 0.4) is 0 Å². The summed E-state index contributed by atoms with van der Waals surface area (Å²) in [5, 5.41) is 18.0. The van der Waals surface area contributed by atoms with E-state index in [-0.39, 0.29) is 17.6 Å². The Bertz CT molecular complexity index is 1320. The summed E-state index contributed by atoms with van der Waals surface area (Å²) in [6.45, 7) is 2.28. The third-order valence-corrected chi connectivity index (χ3v) is 4.90. The molecular weight excluding hydrogens is 438 g/mol. The van der Waals surface area contributed by atoms with Crippen molar-refractivity contribution < 1.29 is 19.2 Å². The third-order valence-electron chi connectivity index (χ3n) is 4.90. The molecule has 172 valence electrons. The van der Waals surface area contributed by atoms with Crippen LogP contribution in [0.5, 0.6) is 11.8 Å². The Labute approximate surface area is 194 Å². The van der Waals surface area contributed by atoms with Gasteiger partial charge >= 0.3 is 6.01 Å². The summed E-state index contributed by atoms with van der Waals surface area (Å²) in [6, 6.07) is 20.2. The van der Waals surface area contributed by atoms with Crippen LogP contribution in [-0.4, -0.2) is 39.3 Å². The number of rotatable bonds is 8. The molecular formula is C24H21N5O5. The summed E-state index contributed by atoms with van der Waals surface area (Å²) in [5.41, 5.74) is 2.30. The lowest BCUT2D eigenvalue weighted by molar-refractivity contribution is -0.384. The minimum atomic E-state index is -0.513. The lowest BCUT2D eigenvalue weighted by Gasteiger charge is -2.09. The van der Waals surface area contributed by atoms with Gasteiger partial charge in [-0.3, -0.25) is 14.9 Å². The standard InChI is InChI=1S/C24H21N5O5/c1-3-34-24-26-22(17-5-4-6-21(15-17)33-2)28(27-24)19-13-9-18(10-14-19)25-23(30)16-7-11-20(12-8-16)29(31)32/h4-15H,3H2,1-2H3,(H,25,30). The van der Waals surface area contributed by atoms with E-state index in [4.69, 9.17) is 9.47 Å². The number of anilines is 1. The number of hydrogen-bond donors (Lipinski definition) is 1. The van der Waals surface area contributed by atoms with Gasteiger partial charge in [0.25, 0.3) is 11.6 Å². The normalized spacial score (nSPS) is 10.5. The predicted octanol–water partition coefficient (Wildman–Crippen LogP) is 4.50. The van der Waals surface area contributed by atoms with Crippen molar-refractivity contribution in [3.05, 3.63) is 88.5 Å². The van der Waals surface area contributed by atoms with Crippen molar-refractivity contribution in [2.75, 3.05) is 19.0 Å². The number of nitrogens with one attached hydrogen (secondary N) is 1. The van der Waals surface area contributed by atoms with Gasteiger partial charge in [0.1, 0.15) is 5.75 Å². The molecule has 0 aliphatic carbocycles. The van der Waals surface area contributed by atoms with Crippen molar-refractivity contribution >= 4 is 17.3 Å². The number of methoxy groups -OCH3 is 1. The van der Waals surface area contributed by atoms with Crippen molar-refractivity contribution in [1.29, 1.82) is 0 Å². The highest BCUT2D eigenvalue weighted by Crippen LogP contribution is 2.27. The molecule has 10 heteroatoms. The summed E-state index contributed by atoms with van der Waals surface area (Å²) in [5.74, 6) is 0.887. The second kappa shape index (κ2) is 9.82. The van der Waals surface area contributed by atoms with Crippen LogP contribution in [0.2, 0.25) is 0 Å². The molecule has 0 spiro atoms. The molecule has 0 bridgehead atoms. The fourth-order valence-electron chi connectivity index (χ4n) is 3.24. The largest absolute Gasteiger partial charge is 0.497 e. The van der Waals surface area contributed by atoms with E-state index in [0.29, 0.717) is 35.1 Å². The second-order valence-corrected chi connectivity index (χ2v) is 7.10. The molecule has 0 atom stereocenters. The first-order valence-corrected chi connectivity index (χ1v) is 10.4. The van der Waals surface area contributed by atoms with E-state index >= 15 is 0 Å². The van der Waals surface area contributed by atoms with Crippen molar-refractivity contribution in [3.63, 3.8) is 0 Å². The fraction of sp³-hybridized carbons (Fsp3) is 0.125. The van der Waals surface area contributed by atoms with Gasteiger partial charge in [-0.2, -0.15) is 4.98 Å². The van der Waals surface area contributed by atoms with Gasteiger partial charge in [-0.05, 0) is 55.5 Å². The average molecular weight is 459 g/mol. The molecule has 10 nitrogen and oxygen atoms in total. The third kappa shape index (κ3) is 4.85. The number of aromatic nitrogens is 3. The molecule has 1 amide bonds. The topological polar surface area (TPSA) is 121 Å². The number of nitro benzene ring substituents is 1. The van der Waals surface area contributed by atoms with Crippen LogP contribution in [0.25, 0.3) is 17.1 Å². The van der Waals surface area contributed by atoms with Crippen LogP contribution in [0.15, 0.2) is 72.8 Å². The van der Waals surface area contributed by atoms with Crippen LogP contribution in [0.1, 0.15) is 17.3 Å². The van der Waals surface area contributed by atoms with E-state index in [1.54, 1.807) is 36.1 Å². The first-order valence-electron chi connectivity index (χ1n) is 10.4. The lowest BCUT2D eigenvalue weighted by Crippen LogP contribution is -2.12. The van der Waals surface area contributed by atoms with Gasteiger partial charge in [0.05, 0.1) is 24.3 Å². The van der Waals surface area contributed by atoms with Gasteiger partial charge in [-0.15, -0.1) is 5.10 Å². The quantitative estimate of drug-likeness (QED) is 0.304. The van der Waals surface area contributed by atoms with Crippen LogP contribution in [0, 0.1) is 10.1 Å². The highest BCUT2D eigenvalue weighted by molar-refractivity contribution is 6.04. The number of nitro groups is 1. The average Bonchev–Trinajstić information content (AvgIpc) is 3.28. The van der Waals surface area contributed by atoms with Crippen LogP contribution in [-0.2, 0) is 0 Å². The molecule has 0 aliphatic rings. The smallest absolute Gasteiger partial charge is 0.336 e. The van der Waals surface area contributed by atoms with E-state index < -0.39 is 4.92 Å². The Morgan fingerprint density at radius 2 is 1.82 bits per heavy atom. The number of carbonyl (C=O) groups excluding carboxylic acids is 1. The molecule has 0 aliphatic heterocycles. The highest BCUT2D eigenvalue weighted by Gasteiger charge is 2.16. The van der Waals surface area contributed by atoms with E-state index in [9.17, 15) is 14.9 Å². The Balaban J connectivity index is 1.58. The summed E-state index contributed by atoms with van der Waals surface area (Å²) >= 11 is 0. The molecule has 4 rings (SSSR count). The Kier molecular flexibility index (Phi) is 6.49. The zero-order chi connectivity index (χ0) is 24.1. The van der Waals surface area contributed by atoms with Crippen LogP contribution < -0.4 is 14.8 Å². The molecule has 4 aromatic rings. The fourth-order valence-corrected chi connectivity index (χ4v) is 3.24. The molecule has 1 heterocycles. The second-order valence-electron chi connectivity index (χ2n) is 7.10. The molecule has 0 saturated heterocycles. The number of ether oxygens (including phenoxy) is 2. The van der Waals surface area contributed by atoms with Gasteiger partial charge in [0.2, 0.25) is 0 Å². The first-order chi connectivity index (χ1) is 16.5. The number of nitrogens with zero attached hydrogens (tertiary/aromatic N) is 4. The predicted molar refractivity (Wildman–Crippen MR) is 126 cm³/mol. The van der Waals surface area contributed by atoms with Gasteiger partial charge in [0.15, 0.2) is 5.82 Å². The summed E-state index contributed by atoms with van der Waals surface area (Å²) in [7, 11) is 1.60. The van der Waals surface area contributed by atoms with Crippen molar-refractivity contribution in [1.82, 2.24) is 14.8 Å². The molecule has 0 radical (unpaired) electrons. The minimum absolute atomic E-state index is 0.0769. The first kappa shape index (κ1) is 22.5. The summed E-state index contributed by atoms with van der Waals surface area (Å²) < 4.78 is 12.5. The molecule has 1 aromatic heterocycles. The lowest BCUT2D eigenvalue weighted by atomic mass is 10.2. The molecule has 0 fully saturated rings. The molecule has 0 unspecified atom stereocenters. The monoisotopic (exact) mass is 459 g/mol. The molecule has 0 saturated carbocycles. The highest BCUT2D eigenvalue weighted by atomic mass is 16.6. The van der Waals surface area contributed by atoms with Gasteiger partial charge < -0.3 is 14.8 Å². The van der Waals surface area contributed by atoms with Crippen molar-refractivity contribution in [2.45, 2.75) is 6.92 Å². The number of benzene rings is 3. The summed E-state index contributed by atoms with van der Waals surface area (Å²) in [6.07, 6.45) is 0. The van der Waals surface area contributed by atoms with E-state index in [2.05, 4.69) is 15.4 Å². The van der Waals surface area contributed by atoms with Gasteiger partial charge in [-0.1, -0.05) is 12.1 Å².